The number of benzene rings is 2. The number of pyridine rings is 1. The molecule has 0 bridgehead atoms. The number of anilines is 4. The van der Waals surface area contributed by atoms with Gasteiger partial charge in [-0.3, -0.25) is 4.79 Å². The third-order valence-electron chi connectivity index (χ3n) is 5.95. The molecule has 2 aliphatic heterocycles. The molecule has 2 aliphatic rings. The van der Waals surface area contributed by atoms with E-state index >= 15 is 0 Å². The van der Waals surface area contributed by atoms with Gasteiger partial charge in [-0.2, -0.15) is 0 Å². The number of carbonyl (C=O) groups is 1. The van der Waals surface area contributed by atoms with Gasteiger partial charge in [0.25, 0.3) is 5.91 Å². The van der Waals surface area contributed by atoms with Gasteiger partial charge >= 0.3 is 0 Å². The zero-order valence-electron chi connectivity index (χ0n) is 17.9. The maximum Gasteiger partial charge on any atom is 0.257 e. The van der Waals surface area contributed by atoms with Crippen LogP contribution in [0.25, 0.3) is 11.1 Å². The maximum atomic E-state index is 13.2. The molecule has 1 fully saturated rings. The predicted octanol–water partition coefficient (Wildman–Crippen LogP) is 4.62. The Morgan fingerprint density at radius 3 is 2.58 bits per heavy atom. The van der Waals surface area contributed by atoms with Crippen molar-refractivity contribution < 1.29 is 9.53 Å². The van der Waals surface area contributed by atoms with Crippen LogP contribution in [0.3, 0.4) is 0 Å². The van der Waals surface area contributed by atoms with Crippen LogP contribution in [0.4, 0.5) is 22.9 Å². The van der Waals surface area contributed by atoms with Gasteiger partial charge in [0.15, 0.2) is 0 Å². The number of ether oxygens (including phenoxy) is 1. The fourth-order valence-electron chi connectivity index (χ4n) is 4.34. The number of morpholine rings is 1. The third-order valence-corrected chi connectivity index (χ3v) is 5.95. The Labute approximate surface area is 182 Å². The van der Waals surface area contributed by atoms with Crippen molar-refractivity contribution in [3.63, 3.8) is 0 Å². The monoisotopic (exact) mass is 414 g/mol. The topological polar surface area (TPSA) is 57.7 Å². The molecule has 6 nitrogen and oxygen atoms in total. The largest absolute Gasteiger partial charge is 0.378 e. The summed E-state index contributed by atoms with van der Waals surface area (Å²) in [6.07, 6.45) is 1.84. The van der Waals surface area contributed by atoms with E-state index in [4.69, 9.17) is 4.74 Å². The van der Waals surface area contributed by atoms with E-state index in [0.717, 1.165) is 72.4 Å². The molecule has 0 aliphatic carbocycles. The Hall–Kier alpha value is -3.38. The van der Waals surface area contributed by atoms with Crippen LogP contribution in [0, 0.1) is 6.92 Å². The van der Waals surface area contributed by atoms with Crippen LogP contribution in [0.2, 0.25) is 0 Å². The van der Waals surface area contributed by atoms with Crippen molar-refractivity contribution in [3.05, 3.63) is 65.9 Å². The van der Waals surface area contributed by atoms with Crippen LogP contribution < -0.4 is 15.1 Å². The minimum Gasteiger partial charge on any atom is -0.378 e. The molecule has 0 atom stereocenters. The van der Waals surface area contributed by atoms with Crippen LogP contribution in [-0.2, 0) is 4.74 Å². The summed E-state index contributed by atoms with van der Waals surface area (Å²) in [6.45, 7) is 8.03. The van der Waals surface area contributed by atoms with Crippen LogP contribution in [0.5, 0.6) is 0 Å². The molecule has 0 unspecified atom stereocenters. The van der Waals surface area contributed by atoms with Crippen LogP contribution in [0.1, 0.15) is 22.8 Å². The third kappa shape index (κ3) is 3.64. The van der Waals surface area contributed by atoms with Crippen molar-refractivity contribution in [2.45, 2.75) is 13.8 Å². The molecule has 1 aromatic heterocycles. The number of aryl methyl sites for hydroxylation is 1. The van der Waals surface area contributed by atoms with E-state index in [9.17, 15) is 4.79 Å². The number of amides is 1. The number of hydrogen-bond acceptors (Lipinski definition) is 5. The lowest BCUT2D eigenvalue weighted by molar-refractivity contribution is 0.102. The molecular formula is C25H26N4O2. The average Bonchev–Trinajstić information content (AvgIpc) is 2.92. The molecule has 6 heteroatoms. The van der Waals surface area contributed by atoms with E-state index in [0.29, 0.717) is 5.56 Å². The predicted molar refractivity (Wildman–Crippen MR) is 125 cm³/mol. The van der Waals surface area contributed by atoms with E-state index in [1.807, 2.05) is 31.3 Å². The van der Waals surface area contributed by atoms with E-state index < -0.39 is 0 Å². The molecule has 1 N–H and O–H groups in total. The Kier molecular flexibility index (Phi) is 5.08. The molecule has 1 amide bonds. The number of rotatable bonds is 3. The van der Waals surface area contributed by atoms with Crippen molar-refractivity contribution >= 4 is 28.8 Å². The molecule has 0 radical (unpaired) electrons. The lowest BCUT2D eigenvalue weighted by Gasteiger charge is -2.28. The standard InChI is InChI=1S/C25H26N4O2/c1-3-29-22-7-5-18(19-8-9-26-24(16-19)28-10-12-31-13-11-28)15-20(22)25(30)27-21-14-17(2)4-6-23(21)29/h4-9,14-16H,3,10-13H2,1-2H3,(H,27,30). The van der Waals surface area contributed by atoms with E-state index in [-0.39, 0.29) is 5.91 Å². The van der Waals surface area contributed by atoms with Gasteiger partial charge in [0, 0.05) is 25.8 Å². The van der Waals surface area contributed by atoms with Crippen molar-refractivity contribution in [2.24, 2.45) is 0 Å². The first-order chi connectivity index (χ1) is 15.1. The number of nitrogens with zero attached hydrogens (tertiary/aromatic N) is 3. The molecule has 3 heterocycles. The normalized spacial score (nSPS) is 15.7. The number of hydrogen-bond donors (Lipinski definition) is 1. The van der Waals surface area contributed by atoms with Crippen LogP contribution >= 0.6 is 0 Å². The highest BCUT2D eigenvalue weighted by atomic mass is 16.5. The van der Waals surface area contributed by atoms with Gasteiger partial charge < -0.3 is 19.9 Å². The summed E-state index contributed by atoms with van der Waals surface area (Å²) in [5.74, 6) is 0.861. The lowest BCUT2D eigenvalue weighted by Crippen LogP contribution is -2.36. The van der Waals surface area contributed by atoms with Gasteiger partial charge in [0.05, 0.1) is 35.8 Å². The van der Waals surface area contributed by atoms with E-state index in [1.54, 1.807) is 0 Å². The zero-order valence-corrected chi connectivity index (χ0v) is 17.9. The number of fused-ring (bicyclic) bond motifs is 2. The summed E-state index contributed by atoms with van der Waals surface area (Å²) in [5.41, 5.74) is 6.65. The van der Waals surface area contributed by atoms with Gasteiger partial charge in [0.1, 0.15) is 5.82 Å². The quantitative estimate of drug-likeness (QED) is 0.678. The van der Waals surface area contributed by atoms with Gasteiger partial charge in [-0.15, -0.1) is 0 Å². The lowest BCUT2D eigenvalue weighted by atomic mass is 10.0. The SMILES string of the molecule is CCN1c2ccc(C)cc2NC(=O)c2cc(-c3ccnc(N4CCOCC4)c3)ccc21. The van der Waals surface area contributed by atoms with Gasteiger partial charge in [-0.05, 0) is 66.9 Å². The summed E-state index contributed by atoms with van der Waals surface area (Å²) < 4.78 is 5.46. The second-order valence-electron chi connectivity index (χ2n) is 7.95. The molecule has 5 rings (SSSR count). The Morgan fingerprint density at radius 2 is 1.77 bits per heavy atom. The molecule has 158 valence electrons. The second kappa shape index (κ2) is 8.04. The minimum absolute atomic E-state index is 0.0814. The summed E-state index contributed by atoms with van der Waals surface area (Å²) >= 11 is 0. The first kappa shape index (κ1) is 19.6. The van der Waals surface area contributed by atoms with Crippen molar-refractivity contribution in [1.82, 2.24) is 4.98 Å². The Bertz CT molecular complexity index is 1140. The van der Waals surface area contributed by atoms with Crippen molar-refractivity contribution in [2.75, 3.05) is 48.0 Å². The molecule has 1 saturated heterocycles. The minimum atomic E-state index is -0.0814. The van der Waals surface area contributed by atoms with Gasteiger partial charge in [0.2, 0.25) is 0 Å². The second-order valence-corrected chi connectivity index (χ2v) is 7.95. The summed E-state index contributed by atoms with van der Waals surface area (Å²) in [7, 11) is 0. The molecule has 0 saturated carbocycles. The van der Waals surface area contributed by atoms with Crippen molar-refractivity contribution in [1.29, 1.82) is 0 Å². The van der Waals surface area contributed by atoms with Crippen molar-refractivity contribution in [3.8, 4) is 11.1 Å². The Balaban J connectivity index is 1.55. The summed E-state index contributed by atoms with van der Waals surface area (Å²) in [5, 5.41) is 3.11. The number of carbonyl (C=O) groups excluding carboxylic acids is 1. The number of nitrogens with one attached hydrogen (secondary N) is 1. The molecular weight excluding hydrogens is 388 g/mol. The molecule has 3 aromatic rings. The van der Waals surface area contributed by atoms with Gasteiger partial charge in [-0.25, -0.2) is 4.98 Å². The Morgan fingerprint density at radius 1 is 1.00 bits per heavy atom. The van der Waals surface area contributed by atoms with Crippen LogP contribution in [-0.4, -0.2) is 43.7 Å². The molecule has 31 heavy (non-hydrogen) atoms. The highest BCUT2D eigenvalue weighted by Crippen LogP contribution is 2.39. The molecule has 2 aromatic carbocycles. The summed E-state index contributed by atoms with van der Waals surface area (Å²) in [4.78, 5) is 22.1. The fourth-order valence-corrected chi connectivity index (χ4v) is 4.34. The number of aromatic nitrogens is 1. The van der Waals surface area contributed by atoms with E-state index in [1.165, 1.54) is 0 Å². The molecule has 0 spiro atoms. The highest BCUT2D eigenvalue weighted by Gasteiger charge is 2.25. The fraction of sp³-hybridized carbons (Fsp3) is 0.280. The maximum absolute atomic E-state index is 13.2. The van der Waals surface area contributed by atoms with Gasteiger partial charge in [-0.1, -0.05) is 12.1 Å². The highest BCUT2D eigenvalue weighted by molar-refractivity contribution is 6.13. The smallest absolute Gasteiger partial charge is 0.257 e. The van der Waals surface area contributed by atoms with Crippen LogP contribution in [0.15, 0.2) is 54.7 Å². The zero-order chi connectivity index (χ0) is 21.4. The first-order valence-electron chi connectivity index (χ1n) is 10.8. The van der Waals surface area contributed by atoms with E-state index in [2.05, 4.69) is 57.4 Å². The first-order valence-corrected chi connectivity index (χ1v) is 10.8. The average molecular weight is 415 g/mol. The summed E-state index contributed by atoms with van der Waals surface area (Å²) in [6, 6.07) is 16.4.